The minimum absolute atomic E-state index is 0.00130. The lowest BCUT2D eigenvalue weighted by Crippen LogP contribution is -2.26. The summed E-state index contributed by atoms with van der Waals surface area (Å²) in [6.45, 7) is 12.3. The number of Topliss-reactive ketones (excluding diaryl/α,β-unsaturated/α-hetero) is 1. The van der Waals surface area contributed by atoms with Crippen LogP contribution in [-0.2, 0) is 22.4 Å². The minimum atomic E-state index is -0.00130. The summed E-state index contributed by atoms with van der Waals surface area (Å²) >= 11 is 0. The second kappa shape index (κ2) is 15.6. The van der Waals surface area contributed by atoms with Gasteiger partial charge in [-0.05, 0) is 42.0 Å². The summed E-state index contributed by atoms with van der Waals surface area (Å²) in [7, 11) is 0. The van der Waals surface area contributed by atoms with Crippen molar-refractivity contribution in [1.29, 1.82) is 0 Å². The predicted octanol–water partition coefficient (Wildman–Crippen LogP) is 6.00. The Kier molecular flexibility index (Phi) is 14.3. The zero-order chi connectivity index (χ0) is 21.4. The third-order valence-electron chi connectivity index (χ3n) is 4.04. The van der Waals surface area contributed by atoms with E-state index in [0.717, 1.165) is 17.5 Å². The van der Waals surface area contributed by atoms with Crippen LogP contribution in [0.2, 0.25) is 0 Å². The highest BCUT2D eigenvalue weighted by Crippen LogP contribution is 2.20. The van der Waals surface area contributed by atoms with E-state index in [1.807, 2.05) is 39.8 Å². The van der Waals surface area contributed by atoms with Crippen LogP contribution in [0.15, 0.2) is 48.5 Å². The van der Waals surface area contributed by atoms with Gasteiger partial charge in [0.2, 0.25) is 5.91 Å². The maximum absolute atomic E-state index is 11.9. The van der Waals surface area contributed by atoms with E-state index in [-0.39, 0.29) is 11.7 Å². The van der Waals surface area contributed by atoms with Gasteiger partial charge >= 0.3 is 0 Å². The van der Waals surface area contributed by atoms with Crippen LogP contribution in [0.5, 0.6) is 0 Å². The van der Waals surface area contributed by atoms with Crippen molar-refractivity contribution in [3.63, 3.8) is 0 Å². The SMILES string of the molecule is CC.CC.CCc1ccc(-c2ccc(CC(=O)NCCCC(C)=O)cc2)cc1. The first kappa shape index (κ1) is 25.6. The van der Waals surface area contributed by atoms with Crippen molar-refractivity contribution in [2.24, 2.45) is 0 Å². The van der Waals surface area contributed by atoms with Gasteiger partial charge in [-0.15, -0.1) is 0 Å². The third-order valence-corrected chi connectivity index (χ3v) is 4.04. The van der Waals surface area contributed by atoms with E-state index < -0.39 is 0 Å². The van der Waals surface area contributed by atoms with Gasteiger partial charge in [-0.1, -0.05) is 83.1 Å². The molecule has 0 aliphatic heterocycles. The van der Waals surface area contributed by atoms with Crippen LogP contribution in [-0.4, -0.2) is 18.2 Å². The summed E-state index contributed by atoms with van der Waals surface area (Å²) < 4.78 is 0. The smallest absolute Gasteiger partial charge is 0.224 e. The lowest BCUT2D eigenvalue weighted by molar-refractivity contribution is -0.121. The monoisotopic (exact) mass is 383 g/mol. The van der Waals surface area contributed by atoms with Crippen LogP contribution in [0.4, 0.5) is 0 Å². The van der Waals surface area contributed by atoms with E-state index in [1.165, 1.54) is 11.1 Å². The molecule has 0 saturated heterocycles. The number of carbonyl (C=O) groups excluding carboxylic acids is 2. The lowest BCUT2D eigenvalue weighted by atomic mass is 10.0. The van der Waals surface area contributed by atoms with Crippen molar-refractivity contribution < 1.29 is 9.59 Å². The topological polar surface area (TPSA) is 46.2 Å². The van der Waals surface area contributed by atoms with Gasteiger partial charge in [0.15, 0.2) is 0 Å². The summed E-state index contributed by atoms with van der Waals surface area (Å²) in [5.41, 5.74) is 4.67. The molecular weight excluding hydrogens is 346 g/mol. The highest BCUT2D eigenvalue weighted by Gasteiger charge is 2.04. The molecule has 0 aliphatic carbocycles. The molecule has 2 aromatic rings. The lowest BCUT2D eigenvalue weighted by Gasteiger charge is -2.07. The van der Waals surface area contributed by atoms with Crippen molar-refractivity contribution in [3.8, 4) is 11.1 Å². The Balaban J connectivity index is 0.00000171. The van der Waals surface area contributed by atoms with Gasteiger partial charge < -0.3 is 10.1 Å². The maximum atomic E-state index is 11.9. The molecule has 0 heterocycles. The second-order valence-electron chi connectivity index (χ2n) is 6.08. The number of hydrogen-bond acceptors (Lipinski definition) is 2. The van der Waals surface area contributed by atoms with Crippen LogP contribution >= 0.6 is 0 Å². The van der Waals surface area contributed by atoms with Crippen molar-refractivity contribution in [3.05, 3.63) is 59.7 Å². The highest BCUT2D eigenvalue weighted by molar-refractivity contribution is 5.79. The molecule has 2 rings (SSSR count). The number of amides is 1. The Hall–Kier alpha value is -2.42. The molecule has 28 heavy (non-hydrogen) atoms. The molecule has 0 atom stereocenters. The predicted molar refractivity (Wildman–Crippen MR) is 121 cm³/mol. The van der Waals surface area contributed by atoms with E-state index in [9.17, 15) is 9.59 Å². The van der Waals surface area contributed by atoms with Crippen molar-refractivity contribution in [2.45, 2.75) is 67.2 Å². The molecule has 0 saturated carbocycles. The summed E-state index contributed by atoms with van der Waals surface area (Å²) in [5, 5.41) is 2.85. The first-order valence-electron chi connectivity index (χ1n) is 10.5. The first-order valence-corrected chi connectivity index (χ1v) is 10.5. The zero-order valence-electron chi connectivity index (χ0n) is 18.5. The van der Waals surface area contributed by atoms with Gasteiger partial charge in [-0.25, -0.2) is 0 Å². The molecule has 1 N–H and O–H groups in total. The number of carbonyl (C=O) groups is 2. The fourth-order valence-corrected chi connectivity index (χ4v) is 2.56. The van der Waals surface area contributed by atoms with Crippen LogP contribution in [0.1, 0.15) is 65.5 Å². The first-order chi connectivity index (χ1) is 13.6. The summed E-state index contributed by atoms with van der Waals surface area (Å²) in [6.07, 6.45) is 2.63. The van der Waals surface area contributed by atoms with Gasteiger partial charge in [-0.3, -0.25) is 4.79 Å². The van der Waals surface area contributed by atoms with Gasteiger partial charge in [0, 0.05) is 13.0 Å². The van der Waals surface area contributed by atoms with Crippen LogP contribution in [0.3, 0.4) is 0 Å². The standard InChI is InChI=1S/C21H25NO2.2C2H6/c1-3-17-6-10-19(11-7-17)20-12-8-18(9-13-20)15-21(24)22-14-4-5-16(2)23;2*1-2/h6-13H,3-5,14-15H2,1-2H3,(H,22,24);2*1-2H3. The Morgan fingerprint density at radius 3 is 1.68 bits per heavy atom. The van der Waals surface area contributed by atoms with Crippen molar-refractivity contribution in [2.75, 3.05) is 6.54 Å². The fraction of sp³-hybridized carbons (Fsp3) is 0.440. The number of rotatable bonds is 8. The summed E-state index contributed by atoms with van der Waals surface area (Å²) in [4.78, 5) is 22.7. The average Bonchev–Trinajstić information content (AvgIpc) is 2.75. The largest absolute Gasteiger partial charge is 0.356 e. The molecule has 154 valence electrons. The molecule has 0 unspecified atom stereocenters. The molecule has 0 aliphatic rings. The van der Waals surface area contributed by atoms with E-state index >= 15 is 0 Å². The van der Waals surface area contributed by atoms with Crippen LogP contribution in [0, 0.1) is 0 Å². The van der Waals surface area contributed by atoms with Gasteiger partial charge in [0.1, 0.15) is 5.78 Å². The maximum Gasteiger partial charge on any atom is 0.224 e. The number of hydrogen-bond donors (Lipinski definition) is 1. The van der Waals surface area contributed by atoms with Crippen molar-refractivity contribution in [1.82, 2.24) is 5.32 Å². The molecule has 0 fully saturated rings. The van der Waals surface area contributed by atoms with Crippen molar-refractivity contribution >= 4 is 11.7 Å². The summed E-state index contributed by atoms with van der Waals surface area (Å²) in [5.74, 6) is 0.158. The second-order valence-corrected chi connectivity index (χ2v) is 6.08. The quantitative estimate of drug-likeness (QED) is 0.569. The Labute approximate surface area is 171 Å². The Morgan fingerprint density at radius 1 is 0.786 bits per heavy atom. The minimum Gasteiger partial charge on any atom is -0.356 e. The molecule has 0 radical (unpaired) electrons. The van der Waals surface area contributed by atoms with Gasteiger partial charge in [0.05, 0.1) is 6.42 Å². The van der Waals surface area contributed by atoms with E-state index in [0.29, 0.717) is 25.8 Å². The van der Waals surface area contributed by atoms with Gasteiger partial charge in [-0.2, -0.15) is 0 Å². The molecule has 3 nitrogen and oxygen atoms in total. The molecule has 0 bridgehead atoms. The molecule has 0 spiro atoms. The zero-order valence-corrected chi connectivity index (χ0v) is 18.5. The Bertz CT molecular complexity index is 673. The highest BCUT2D eigenvalue weighted by atomic mass is 16.1. The molecule has 1 amide bonds. The third kappa shape index (κ3) is 10.1. The normalized spacial score (nSPS) is 9.36. The van der Waals surface area contributed by atoms with E-state index in [4.69, 9.17) is 0 Å². The Morgan fingerprint density at radius 2 is 1.25 bits per heavy atom. The summed E-state index contributed by atoms with van der Waals surface area (Å²) in [6, 6.07) is 16.7. The number of benzene rings is 2. The molecular formula is C25H37NO2. The van der Waals surface area contributed by atoms with E-state index in [1.54, 1.807) is 6.92 Å². The molecule has 3 heteroatoms. The number of nitrogens with one attached hydrogen (secondary N) is 1. The number of ketones is 1. The average molecular weight is 384 g/mol. The number of aryl methyl sites for hydroxylation is 1. The van der Waals surface area contributed by atoms with Crippen LogP contribution in [0.25, 0.3) is 11.1 Å². The molecule has 0 aromatic heterocycles. The van der Waals surface area contributed by atoms with Crippen LogP contribution < -0.4 is 5.32 Å². The van der Waals surface area contributed by atoms with E-state index in [2.05, 4.69) is 48.6 Å². The van der Waals surface area contributed by atoms with Gasteiger partial charge in [0.25, 0.3) is 0 Å². The fourth-order valence-electron chi connectivity index (χ4n) is 2.56. The molecule has 2 aromatic carbocycles.